The summed E-state index contributed by atoms with van der Waals surface area (Å²) in [4.78, 5) is 0. The second-order valence-electron chi connectivity index (χ2n) is 4.44. The Morgan fingerprint density at radius 2 is 2.14 bits per heavy atom. The third-order valence-corrected chi connectivity index (χ3v) is 3.06. The van der Waals surface area contributed by atoms with Gasteiger partial charge in [-0.1, -0.05) is 19.3 Å². The van der Waals surface area contributed by atoms with E-state index in [1.54, 1.807) is 4.68 Å². The molecule has 0 saturated heterocycles. The van der Waals surface area contributed by atoms with Crippen molar-refractivity contribution in [3.05, 3.63) is 18.0 Å². The molecule has 0 radical (unpaired) electrons. The third-order valence-electron chi connectivity index (χ3n) is 3.06. The standard InChI is InChI=1S/C11H18N2O/c1-13-8-5-10(12-13)9-11(14)6-3-2-4-7-11/h5,8,14H,2-4,6-7,9H2,1H3. The average molecular weight is 194 g/mol. The maximum absolute atomic E-state index is 10.3. The molecule has 14 heavy (non-hydrogen) atoms. The van der Waals surface area contributed by atoms with Crippen LogP contribution in [0, 0.1) is 0 Å². The molecule has 1 fully saturated rings. The first-order valence-electron chi connectivity index (χ1n) is 5.39. The predicted molar refractivity (Wildman–Crippen MR) is 54.9 cm³/mol. The van der Waals surface area contributed by atoms with Gasteiger partial charge < -0.3 is 5.11 Å². The van der Waals surface area contributed by atoms with E-state index in [1.165, 1.54) is 6.42 Å². The van der Waals surface area contributed by atoms with E-state index in [0.29, 0.717) is 6.42 Å². The number of aliphatic hydroxyl groups is 1. The molecule has 0 aliphatic heterocycles. The van der Waals surface area contributed by atoms with Crippen LogP contribution >= 0.6 is 0 Å². The smallest absolute Gasteiger partial charge is 0.0703 e. The van der Waals surface area contributed by atoms with E-state index >= 15 is 0 Å². The maximum Gasteiger partial charge on any atom is 0.0703 e. The van der Waals surface area contributed by atoms with E-state index in [9.17, 15) is 5.11 Å². The Morgan fingerprint density at radius 1 is 1.43 bits per heavy atom. The summed E-state index contributed by atoms with van der Waals surface area (Å²) in [7, 11) is 1.91. The van der Waals surface area contributed by atoms with Crippen molar-refractivity contribution in [2.75, 3.05) is 0 Å². The zero-order valence-electron chi connectivity index (χ0n) is 8.74. The Kier molecular flexibility index (Phi) is 2.59. The minimum atomic E-state index is -0.480. The lowest BCUT2D eigenvalue weighted by Gasteiger charge is -2.31. The topological polar surface area (TPSA) is 38.0 Å². The molecule has 2 rings (SSSR count). The van der Waals surface area contributed by atoms with E-state index in [4.69, 9.17) is 0 Å². The summed E-state index contributed by atoms with van der Waals surface area (Å²) in [6.45, 7) is 0. The molecular formula is C11H18N2O. The number of aryl methyl sites for hydroxylation is 1. The van der Waals surface area contributed by atoms with Crippen molar-refractivity contribution < 1.29 is 5.11 Å². The zero-order chi connectivity index (χ0) is 10.0. The number of nitrogens with zero attached hydrogens (tertiary/aromatic N) is 2. The summed E-state index contributed by atoms with van der Waals surface area (Å²) in [5.41, 5.74) is 0.531. The van der Waals surface area contributed by atoms with Crippen LogP contribution in [-0.2, 0) is 13.5 Å². The molecule has 78 valence electrons. The van der Waals surface area contributed by atoms with Crippen molar-refractivity contribution in [2.45, 2.75) is 44.1 Å². The highest BCUT2D eigenvalue weighted by Crippen LogP contribution is 2.30. The van der Waals surface area contributed by atoms with Gasteiger partial charge in [0, 0.05) is 19.7 Å². The first kappa shape index (κ1) is 9.71. The molecule has 0 atom stereocenters. The molecule has 1 aliphatic rings. The van der Waals surface area contributed by atoms with Gasteiger partial charge in [0.1, 0.15) is 0 Å². The van der Waals surface area contributed by atoms with Gasteiger partial charge in [0.25, 0.3) is 0 Å². The Hall–Kier alpha value is -0.830. The first-order valence-corrected chi connectivity index (χ1v) is 5.39. The molecule has 1 aromatic rings. The first-order chi connectivity index (χ1) is 6.68. The van der Waals surface area contributed by atoms with Gasteiger partial charge >= 0.3 is 0 Å². The van der Waals surface area contributed by atoms with E-state index in [1.807, 2.05) is 19.3 Å². The summed E-state index contributed by atoms with van der Waals surface area (Å²) in [6.07, 6.45) is 8.10. The van der Waals surface area contributed by atoms with Gasteiger partial charge in [-0.05, 0) is 18.9 Å². The van der Waals surface area contributed by atoms with Gasteiger partial charge in [0.2, 0.25) is 0 Å². The van der Waals surface area contributed by atoms with Crippen LogP contribution in [0.15, 0.2) is 12.3 Å². The minimum absolute atomic E-state index is 0.480. The monoisotopic (exact) mass is 194 g/mol. The molecule has 3 nitrogen and oxygen atoms in total. The molecule has 0 spiro atoms. The SMILES string of the molecule is Cn1ccc(CC2(O)CCCCC2)n1. The van der Waals surface area contributed by atoms with Crippen molar-refractivity contribution in [2.24, 2.45) is 7.05 Å². The molecule has 0 aromatic carbocycles. The summed E-state index contributed by atoms with van der Waals surface area (Å²) >= 11 is 0. The number of rotatable bonds is 2. The normalized spacial score (nSPS) is 21.0. The second-order valence-corrected chi connectivity index (χ2v) is 4.44. The van der Waals surface area contributed by atoms with Crippen LogP contribution < -0.4 is 0 Å². The van der Waals surface area contributed by atoms with Gasteiger partial charge in [0.15, 0.2) is 0 Å². The lowest BCUT2D eigenvalue weighted by Crippen LogP contribution is -2.33. The number of hydrogen-bond donors (Lipinski definition) is 1. The van der Waals surface area contributed by atoms with Crippen LogP contribution in [0.2, 0.25) is 0 Å². The predicted octanol–water partition coefficient (Wildman–Crippen LogP) is 1.66. The second kappa shape index (κ2) is 3.73. The van der Waals surface area contributed by atoms with Crippen molar-refractivity contribution in [3.63, 3.8) is 0 Å². The van der Waals surface area contributed by atoms with E-state index in [0.717, 1.165) is 31.4 Å². The Balaban J connectivity index is 2.01. The lowest BCUT2D eigenvalue weighted by molar-refractivity contribution is 0.00358. The van der Waals surface area contributed by atoms with Crippen molar-refractivity contribution in [1.29, 1.82) is 0 Å². The molecule has 1 heterocycles. The average Bonchev–Trinajstić information content (AvgIpc) is 2.51. The quantitative estimate of drug-likeness (QED) is 0.777. The van der Waals surface area contributed by atoms with Gasteiger partial charge in [-0.15, -0.1) is 0 Å². The highest BCUT2D eigenvalue weighted by molar-refractivity contribution is 5.04. The minimum Gasteiger partial charge on any atom is -0.389 e. The summed E-state index contributed by atoms with van der Waals surface area (Å²) in [6, 6.07) is 1.99. The lowest BCUT2D eigenvalue weighted by atomic mass is 9.82. The van der Waals surface area contributed by atoms with Gasteiger partial charge in [-0.2, -0.15) is 5.10 Å². The molecule has 3 heteroatoms. The Morgan fingerprint density at radius 3 is 2.71 bits per heavy atom. The number of hydrogen-bond acceptors (Lipinski definition) is 2. The van der Waals surface area contributed by atoms with Gasteiger partial charge in [-0.25, -0.2) is 0 Å². The Bertz CT molecular complexity index is 300. The molecule has 1 aromatic heterocycles. The highest BCUT2D eigenvalue weighted by Gasteiger charge is 2.29. The van der Waals surface area contributed by atoms with Crippen LogP contribution in [0.1, 0.15) is 37.8 Å². The molecule has 1 saturated carbocycles. The Labute approximate surface area is 84.7 Å². The number of aromatic nitrogens is 2. The molecule has 0 bridgehead atoms. The van der Waals surface area contributed by atoms with E-state index < -0.39 is 5.60 Å². The summed E-state index contributed by atoms with van der Waals surface area (Å²) in [5, 5.41) is 14.6. The van der Waals surface area contributed by atoms with E-state index in [-0.39, 0.29) is 0 Å². The summed E-state index contributed by atoms with van der Waals surface area (Å²) < 4.78 is 1.79. The van der Waals surface area contributed by atoms with Crippen molar-refractivity contribution in [1.82, 2.24) is 9.78 Å². The van der Waals surface area contributed by atoms with Crippen LogP contribution in [-0.4, -0.2) is 20.5 Å². The van der Waals surface area contributed by atoms with Crippen LogP contribution in [0.4, 0.5) is 0 Å². The van der Waals surface area contributed by atoms with Gasteiger partial charge in [-0.3, -0.25) is 4.68 Å². The molecule has 1 N–H and O–H groups in total. The maximum atomic E-state index is 10.3. The molecule has 0 amide bonds. The largest absolute Gasteiger partial charge is 0.389 e. The zero-order valence-corrected chi connectivity index (χ0v) is 8.74. The fourth-order valence-electron chi connectivity index (χ4n) is 2.28. The fourth-order valence-corrected chi connectivity index (χ4v) is 2.28. The molecule has 0 unspecified atom stereocenters. The molecule has 1 aliphatic carbocycles. The van der Waals surface area contributed by atoms with Crippen molar-refractivity contribution >= 4 is 0 Å². The molecular weight excluding hydrogens is 176 g/mol. The van der Waals surface area contributed by atoms with Crippen LogP contribution in [0.3, 0.4) is 0 Å². The summed E-state index contributed by atoms with van der Waals surface area (Å²) in [5.74, 6) is 0. The fraction of sp³-hybridized carbons (Fsp3) is 0.727. The highest BCUT2D eigenvalue weighted by atomic mass is 16.3. The van der Waals surface area contributed by atoms with E-state index in [2.05, 4.69) is 5.10 Å². The van der Waals surface area contributed by atoms with Crippen LogP contribution in [0.25, 0.3) is 0 Å². The van der Waals surface area contributed by atoms with Crippen LogP contribution in [0.5, 0.6) is 0 Å². The third kappa shape index (κ3) is 2.15. The van der Waals surface area contributed by atoms with Gasteiger partial charge in [0.05, 0.1) is 11.3 Å². The van der Waals surface area contributed by atoms with Crippen molar-refractivity contribution in [3.8, 4) is 0 Å².